The van der Waals surface area contributed by atoms with E-state index in [4.69, 9.17) is 0 Å². The van der Waals surface area contributed by atoms with Gasteiger partial charge in [-0.15, -0.1) is 0 Å². The van der Waals surface area contributed by atoms with E-state index in [-0.39, 0.29) is 11.7 Å². The van der Waals surface area contributed by atoms with Crippen molar-refractivity contribution in [3.05, 3.63) is 28.2 Å². The van der Waals surface area contributed by atoms with Gasteiger partial charge in [-0.1, -0.05) is 15.9 Å². The van der Waals surface area contributed by atoms with Crippen molar-refractivity contribution in [3.8, 4) is 5.75 Å². The van der Waals surface area contributed by atoms with Crippen molar-refractivity contribution in [1.82, 2.24) is 5.32 Å². The first kappa shape index (κ1) is 14.0. The highest BCUT2D eigenvalue weighted by molar-refractivity contribution is 9.10. The summed E-state index contributed by atoms with van der Waals surface area (Å²) in [5.41, 5.74) is 0.302. The first-order valence-corrected chi connectivity index (χ1v) is 6.35. The largest absolute Gasteiger partial charge is 0.507 e. The lowest BCUT2D eigenvalue weighted by molar-refractivity contribution is -0.858. The molecule has 94 valence electrons. The van der Waals surface area contributed by atoms with Gasteiger partial charge < -0.3 is 15.3 Å². The zero-order valence-corrected chi connectivity index (χ0v) is 11.7. The summed E-state index contributed by atoms with van der Waals surface area (Å²) in [6.07, 6.45) is 0.919. The van der Waals surface area contributed by atoms with Crippen molar-refractivity contribution in [2.75, 3.05) is 27.2 Å². The third-order valence-corrected chi connectivity index (χ3v) is 2.84. The van der Waals surface area contributed by atoms with E-state index in [0.29, 0.717) is 12.1 Å². The van der Waals surface area contributed by atoms with Gasteiger partial charge in [-0.05, 0) is 18.2 Å². The van der Waals surface area contributed by atoms with Crippen LogP contribution >= 0.6 is 15.9 Å². The zero-order chi connectivity index (χ0) is 12.8. The molecule has 4 nitrogen and oxygen atoms in total. The van der Waals surface area contributed by atoms with Gasteiger partial charge in [0.05, 0.1) is 26.2 Å². The van der Waals surface area contributed by atoms with Gasteiger partial charge in [0.25, 0.3) is 5.91 Å². The summed E-state index contributed by atoms with van der Waals surface area (Å²) in [4.78, 5) is 13.1. The van der Waals surface area contributed by atoms with Crippen LogP contribution in [0, 0.1) is 0 Å². The van der Waals surface area contributed by atoms with Crippen LogP contribution in [0.3, 0.4) is 0 Å². The van der Waals surface area contributed by atoms with Crippen molar-refractivity contribution in [2.45, 2.75) is 6.42 Å². The van der Waals surface area contributed by atoms with Gasteiger partial charge in [-0.2, -0.15) is 0 Å². The number of hydrogen-bond donors (Lipinski definition) is 3. The average molecular weight is 302 g/mol. The van der Waals surface area contributed by atoms with Gasteiger partial charge in [-0.25, -0.2) is 0 Å². The second-order valence-electron chi connectivity index (χ2n) is 4.23. The maximum absolute atomic E-state index is 11.8. The quantitative estimate of drug-likeness (QED) is 0.691. The minimum atomic E-state index is -0.238. The Morgan fingerprint density at radius 1 is 1.47 bits per heavy atom. The predicted molar refractivity (Wildman–Crippen MR) is 70.4 cm³/mol. The number of phenolic OH excluding ortho intramolecular Hbond substituents is 1. The maximum atomic E-state index is 11.8. The van der Waals surface area contributed by atoms with Crippen LogP contribution in [0.1, 0.15) is 16.8 Å². The SMILES string of the molecule is C[NH+](C)CCCNC(=O)c1cc(Br)ccc1O. The van der Waals surface area contributed by atoms with E-state index in [1.54, 1.807) is 12.1 Å². The number of carbonyl (C=O) groups excluding carboxylic acids is 1. The number of phenols is 1. The molecule has 0 aliphatic carbocycles. The van der Waals surface area contributed by atoms with Crippen LogP contribution in [0.2, 0.25) is 0 Å². The molecule has 0 fully saturated rings. The molecule has 0 radical (unpaired) electrons. The molecule has 0 unspecified atom stereocenters. The number of aromatic hydroxyl groups is 1. The number of benzene rings is 1. The van der Waals surface area contributed by atoms with E-state index >= 15 is 0 Å². The van der Waals surface area contributed by atoms with Crippen molar-refractivity contribution in [2.24, 2.45) is 0 Å². The molecule has 0 bridgehead atoms. The normalized spacial score (nSPS) is 10.6. The molecule has 17 heavy (non-hydrogen) atoms. The lowest BCUT2D eigenvalue weighted by Gasteiger charge is -2.09. The molecule has 0 saturated heterocycles. The van der Waals surface area contributed by atoms with E-state index in [9.17, 15) is 9.90 Å². The Morgan fingerprint density at radius 2 is 2.18 bits per heavy atom. The van der Waals surface area contributed by atoms with E-state index in [1.807, 2.05) is 0 Å². The van der Waals surface area contributed by atoms with Crippen molar-refractivity contribution >= 4 is 21.8 Å². The predicted octanol–water partition coefficient (Wildman–Crippen LogP) is 0.419. The second kappa shape index (κ2) is 6.61. The van der Waals surface area contributed by atoms with Crippen LogP contribution in [-0.2, 0) is 0 Å². The molecule has 3 N–H and O–H groups in total. The molecule has 0 heterocycles. The molecule has 0 atom stereocenters. The van der Waals surface area contributed by atoms with Gasteiger partial charge >= 0.3 is 0 Å². The molecular weight excluding hydrogens is 284 g/mol. The molecule has 0 aliphatic rings. The zero-order valence-electron chi connectivity index (χ0n) is 10.1. The third-order valence-electron chi connectivity index (χ3n) is 2.34. The number of hydrogen-bond acceptors (Lipinski definition) is 2. The van der Waals surface area contributed by atoms with Crippen LogP contribution < -0.4 is 10.2 Å². The minimum absolute atomic E-state index is 0.00364. The van der Waals surface area contributed by atoms with Crippen molar-refractivity contribution in [1.29, 1.82) is 0 Å². The molecule has 0 spiro atoms. The van der Waals surface area contributed by atoms with Gasteiger partial charge in [0.15, 0.2) is 0 Å². The molecule has 0 saturated carbocycles. The average Bonchev–Trinajstić information content (AvgIpc) is 2.27. The smallest absolute Gasteiger partial charge is 0.255 e. The van der Waals surface area contributed by atoms with E-state index in [0.717, 1.165) is 17.4 Å². The molecular formula is C12H18BrN2O2+. The van der Waals surface area contributed by atoms with Crippen molar-refractivity contribution in [3.63, 3.8) is 0 Å². The summed E-state index contributed by atoms with van der Waals surface area (Å²) in [5.74, 6) is -0.235. The van der Waals surface area contributed by atoms with Gasteiger partial charge in [-0.3, -0.25) is 4.79 Å². The summed E-state index contributed by atoms with van der Waals surface area (Å²) in [6.45, 7) is 1.63. The standard InChI is InChI=1S/C12H17BrN2O2/c1-15(2)7-3-6-14-12(17)10-8-9(13)4-5-11(10)16/h4-5,8,16H,3,6-7H2,1-2H3,(H,14,17)/p+1. The first-order valence-electron chi connectivity index (χ1n) is 5.56. The number of quaternary nitrogens is 1. The third kappa shape index (κ3) is 4.75. The lowest BCUT2D eigenvalue weighted by atomic mass is 10.2. The number of halogens is 1. The molecule has 5 heteroatoms. The highest BCUT2D eigenvalue weighted by atomic mass is 79.9. The summed E-state index contributed by atoms with van der Waals surface area (Å²) in [7, 11) is 4.14. The molecule has 0 aliphatic heterocycles. The Kier molecular flexibility index (Phi) is 5.44. The number of amides is 1. The molecule has 1 aromatic carbocycles. The minimum Gasteiger partial charge on any atom is -0.507 e. The molecule has 1 amide bonds. The van der Waals surface area contributed by atoms with Crippen molar-refractivity contribution < 1.29 is 14.8 Å². The Morgan fingerprint density at radius 3 is 2.82 bits per heavy atom. The summed E-state index contributed by atoms with van der Waals surface area (Å²) in [6, 6.07) is 4.81. The van der Waals surface area contributed by atoms with Gasteiger partial charge in [0, 0.05) is 17.4 Å². The van der Waals surface area contributed by atoms with E-state index in [1.165, 1.54) is 11.0 Å². The van der Waals surface area contributed by atoms with Crippen LogP contribution in [0.4, 0.5) is 0 Å². The highest BCUT2D eigenvalue weighted by Gasteiger charge is 2.10. The molecule has 0 aromatic heterocycles. The topological polar surface area (TPSA) is 53.8 Å². The summed E-state index contributed by atoms with van der Waals surface area (Å²) in [5, 5.41) is 12.4. The van der Waals surface area contributed by atoms with E-state index < -0.39 is 0 Å². The number of rotatable bonds is 5. The fourth-order valence-corrected chi connectivity index (χ4v) is 1.79. The number of nitrogens with one attached hydrogen (secondary N) is 2. The Balaban J connectivity index is 2.49. The van der Waals surface area contributed by atoms with Crippen LogP contribution in [-0.4, -0.2) is 38.2 Å². The monoisotopic (exact) mass is 301 g/mol. The molecule has 1 rings (SSSR count). The fraction of sp³-hybridized carbons (Fsp3) is 0.417. The van der Waals surface area contributed by atoms with Crippen LogP contribution in [0.5, 0.6) is 5.75 Å². The Labute approximate surface area is 110 Å². The maximum Gasteiger partial charge on any atom is 0.255 e. The first-order chi connectivity index (χ1) is 8.00. The summed E-state index contributed by atoms with van der Waals surface area (Å²) >= 11 is 3.27. The highest BCUT2D eigenvalue weighted by Crippen LogP contribution is 2.21. The van der Waals surface area contributed by atoms with E-state index in [2.05, 4.69) is 35.3 Å². The fourth-order valence-electron chi connectivity index (χ4n) is 1.43. The second-order valence-corrected chi connectivity index (χ2v) is 5.14. The van der Waals surface area contributed by atoms with Crippen LogP contribution in [0.15, 0.2) is 22.7 Å². The van der Waals surface area contributed by atoms with Crippen LogP contribution in [0.25, 0.3) is 0 Å². The Hall–Kier alpha value is -1.07. The van der Waals surface area contributed by atoms with Gasteiger partial charge in [0.2, 0.25) is 0 Å². The van der Waals surface area contributed by atoms with Gasteiger partial charge in [0.1, 0.15) is 5.75 Å². The molecule has 1 aromatic rings. The summed E-state index contributed by atoms with van der Waals surface area (Å²) < 4.78 is 0.776. The lowest BCUT2D eigenvalue weighted by Crippen LogP contribution is -3.05. The Bertz CT molecular complexity index is 394. The number of carbonyl (C=O) groups is 1.